The van der Waals surface area contributed by atoms with Crippen LogP contribution in [0.4, 0.5) is 5.82 Å². The second kappa shape index (κ2) is 9.57. The number of carbonyl (C=O) groups excluding carboxylic acids is 1. The molecule has 6 rings (SSSR count). The molecule has 38 heavy (non-hydrogen) atoms. The highest BCUT2D eigenvalue weighted by Crippen LogP contribution is 2.70. The summed E-state index contributed by atoms with van der Waals surface area (Å²) in [4.78, 5) is 20.0. The normalized spacial score (nSPS) is 34.6. The van der Waals surface area contributed by atoms with Gasteiger partial charge in [0.1, 0.15) is 5.82 Å². The zero-order chi connectivity index (χ0) is 26.8. The number of aromatic nitrogens is 1. The summed E-state index contributed by atoms with van der Waals surface area (Å²) in [6, 6.07) is 6.61. The van der Waals surface area contributed by atoms with Crippen LogP contribution in [0.15, 0.2) is 24.4 Å². The first-order valence-electron chi connectivity index (χ1n) is 14.8. The van der Waals surface area contributed by atoms with Crippen LogP contribution in [0.25, 0.3) is 10.8 Å². The smallest absolute Gasteiger partial charge is 0.228 e. The number of carbonyl (C=O) groups is 1. The Labute approximate surface area is 227 Å². The number of piperidine rings is 1. The third-order valence-corrected chi connectivity index (χ3v) is 11.0. The van der Waals surface area contributed by atoms with Crippen molar-refractivity contribution in [2.75, 3.05) is 31.6 Å². The lowest BCUT2D eigenvalue weighted by atomic mass is 9.68. The van der Waals surface area contributed by atoms with Gasteiger partial charge in [-0.05, 0) is 117 Å². The van der Waals surface area contributed by atoms with E-state index in [1.807, 2.05) is 12.3 Å². The second-order valence-electron chi connectivity index (χ2n) is 13.6. The summed E-state index contributed by atoms with van der Waals surface area (Å²) in [7, 11) is 0. The van der Waals surface area contributed by atoms with E-state index < -0.39 is 6.10 Å². The quantitative estimate of drug-likeness (QED) is 0.526. The number of nitrogens with one attached hydrogen (secondary N) is 1. The molecule has 2 saturated carbocycles. The summed E-state index contributed by atoms with van der Waals surface area (Å²) >= 11 is 0. The Morgan fingerprint density at radius 3 is 2.53 bits per heavy atom. The number of anilines is 1. The Bertz CT molecular complexity index is 1210. The van der Waals surface area contributed by atoms with E-state index in [9.17, 15) is 9.90 Å². The first-order valence-corrected chi connectivity index (χ1v) is 14.8. The van der Waals surface area contributed by atoms with Crippen molar-refractivity contribution in [3.8, 4) is 0 Å². The van der Waals surface area contributed by atoms with Gasteiger partial charge in [0.05, 0.1) is 24.9 Å². The number of fused-ring (bicyclic) bond motifs is 1. The summed E-state index contributed by atoms with van der Waals surface area (Å²) in [5, 5.41) is 15.9. The molecular weight excluding hydrogens is 474 g/mol. The Balaban J connectivity index is 1.10. The van der Waals surface area contributed by atoms with Gasteiger partial charge in [0.25, 0.3) is 0 Å². The molecule has 1 aromatic carbocycles. The first-order chi connectivity index (χ1) is 18.1. The van der Waals surface area contributed by atoms with Crippen molar-refractivity contribution in [3.05, 3.63) is 35.5 Å². The number of amides is 1. The molecule has 2 aliphatic carbocycles. The highest BCUT2D eigenvalue weighted by molar-refractivity contribution is 5.95. The molecule has 2 N–H and O–H groups in total. The number of benzene rings is 1. The molecule has 2 aromatic rings. The van der Waals surface area contributed by atoms with Gasteiger partial charge >= 0.3 is 0 Å². The highest BCUT2D eigenvalue weighted by atomic mass is 16.5. The number of hydrogen-bond donors (Lipinski definition) is 2. The van der Waals surface area contributed by atoms with Crippen LogP contribution in [0.5, 0.6) is 0 Å². The number of aryl methyl sites for hydroxylation is 1. The lowest BCUT2D eigenvalue weighted by Gasteiger charge is -2.44. The number of ether oxygens (including phenoxy) is 1. The second-order valence-corrected chi connectivity index (χ2v) is 13.6. The highest BCUT2D eigenvalue weighted by Gasteiger charge is 2.64. The van der Waals surface area contributed by atoms with E-state index in [4.69, 9.17) is 4.74 Å². The van der Waals surface area contributed by atoms with Crippen molar-refractivity contribution in [2.45, 2.75) is 84.3 Å². The molecule has 2 aliphatic heterocycles. The number of pyridine rings is 1. The third kappa shape index (κ3) is 4.47. The minimum atomic E-state index is -0.414. The molecule has 2 saturated heterocycles. The first kappa shape index (κ1) is 26.2. The van der Waals surface area contributed by atoms with E-state index in [1.54, 1.807) is 0 Å². The summed E-state index contributed by atoms with van der Waals surface area (Å²) in [5.74, 6) is 3.69. The van der Waals surface area contributed by atoms with Crippen LogP contribution in [0, 0.1) is 36.0 Å². The van der Waals surface area contributed by atoms with E-state index in [-0.39, 0.29) is 17.4 Å². The zero-order valence-electron chi connectivity index (χ0n) is 23.8. The topological polar surface area (TPSA) is 74.7 Å². The minimum absolute atomic E-state index is 0.126. The molecule has 4 fully saturated rings. The average molecular weight is 520 g/mol. The largest absolute Gasteiger partial charge is 0.389 e. The van der Waals surface area contributed by atoms with Gasteiger partial charge in [0, 0.05) is 17.5 Å². The standard InChI is InChI=1S/C32H45N3O3/c1-19(2)21(4)27-15-32(27)13-25(14-32)30(37)34-29-12-23-11-26(20(3)10-24(23)16-33-29)22-6-8-35(9-7-22)31(5)18-38-17-28(31)36/h10-12,16,19,21-22,25,27-28,36H,6-9,13-15,17-18H2,1-5H3,(H,33,34,37). The SMILES string of the molecule is Cc1cc2cnc(NC(=O)C3CC4(C3)CC4C(C)C(C)C)cc2cc1C1CCN(C2(C)COCC2O)CC1. The minimum Gasteiger partial charge on any atom is -0.389 e. The molecule has 206 valence electrons. The Hall–Kier alpha value is -2.02. The van der Waals surface area contributed by atoms with Crippen LogP contribution in [0.3, 0.4) is 0 Å². The summed E-state index contributed by atoms with van der Waals surface area (Å²) in [5.41, 5.74) is 2.88. The van der Waals surface area contributed by atoms with Crippen LogP contribution < -0.4 is 5.32 Å². The average Bonchev–Trinajstić information content (AvgIpc) is 3.54. The van der Waals surface area contributed by atoms with Crippen molar-refractivity contribution in [1.82, 2.24) is 9.88 Å². The molecule has 0 radical (unpaired) electrons. The number of rotatable bonds is 6. The zero-order valence-corrected chi connectivity index (χ0v) is 23.8. The molecule has 0 bridgehead atoms. The van der Waals surface area contributed by atoms with Crippen molar-refractivity contribution in [2.24, 2.45) is 29.1 Å². The van der Waals surface area contributed by atoms with Crippen LogP contribution in [-0.4, -0.2) is 58.8 Å². The van der Waals surface area contributed by atoms with Crippen molar-refractivity contribution < 1.29 is 14.6 Å². The maximum absolute atomic E-state index is 13.0. The maximum atomic E-state index is 13.0. The molecule has 4 atom stereocenters. The molecule has 1 amide bonds. The van der Waals surface area contributed by atoms with Crippen LogP contribution in [-0.2, 0) is 9.53 Å². The fourth-order valence-corrected chi connectivity index (χ4v) is 7.88. The van der Waals surface area contributed by atoms with Gasteiger partial charge in [0.2, 0.25) is 5.91 Å². The van der Waals surface area contributed by atoms with Gasteiger partial charge in [-0.1, -0.05) is 26.8 Å². The summed E-state index contributed by atoms with van der Waals surface area (Å²) < 4.78 is 5.58. The molecule has 6 heteroatoms. The summed E-state index contributed by atoms with van der Waals surface area (Å²) in [6.45, 7) is 14.3. The van der Waals surface area contributed by atoms with Crippen molar-refractivity contribution in [1.29, 1.82) is 0 Å². The third-order valence-electron chi connectivity index (χ3n) is 11.0. The Kier molecular flexibility index (Phi) is 6.60. The molecule has 3 heterocycles. The van der Waals surface area contributed by atoms with Crippen LogP contribution in [0.1, 0.15) is 76.8 Å². The molecular formula is C32H45N3O3. The lowest BCUT2D eigenvalue weighted by Crippen LogP contribution is -2.56. The van der Waals surface area contributed by atoms with E-state index in [1.165, 1.54) is 17.5 Å². The summed E-state index contributed by atoms with van der Waals surface area (Å²) in [6.07, 6.45) is 7.01. The lowest BCUT2D eigenvalue weighted by molar-refractivity contribution is -0.124. The van der Waals surface area contributed by atoms with Crippen molar-refractivity contribution in [3.63, 3.8) is 0 Å². The number of aliphatic hydroxyl groups is 1. The fraction of sp³-hybridized carbons (Fsp3) is 0.688. The number of nitrogens with zero attached hydrogens (tertiary/aromatic N) is 2. The fourth-order valence-electron chi connectivity index (χ4n) is 7.88. The van der Waals surface area contributed by atoms with E-state index in [2.05, 4.69) is 62.0 Å². The number of likely N-dealkylation sites (tertiary alicyclic amines) is 1. The van der Waals surface area contributed by atoms with Crippen molar-refractivity contribution >= 4 is 22.5 Å². The molecule has 4 aliphatic rings. The van der Waals surface area contributed by atoms with Gasteiger partial charge < -0.3 is 15.2 Å². The molecule has 4 unspecified atom stereocenters. The molecule has 1 aromatic heterocycles. The van der Waals surface area contributed by atoms with E-state index in [0.29, 0.717) is 36.3 Å². The van der Waals surface area contributed by atoms with Gasteiger partial charge in [0.15, 0.2) is 0 Å². The Morgan fingerprint density at radius 2 is 1.87 bits per heavy atom. The van der Waals surface area contributed by atoms with Gasteiger partial charge in [-0.3, -0.25) is 9.69 Å². The molecule has 1 spiro atoms. The molecule has 6 nitrogen and oxygen atoms in total. The van der Waals surface area contributed by atoms with E-state index >= 15 is 0 Å². The van der Waals surface area contributed by atoms with Gasteiger partial charge in [-0.15, -0.1) is 0 Å². The predicted octanol–water partition coefficient (Wildman–Crippen LogP) is 5.52. The number of hydrogen-bond acceptors (Lipinski definition) is 5. The van der Waals surface area contributed by atoms with E-state index in [0.717, 1.165) is 61.4 Å². The van der Waals surface area contributed by atoms with Gasteiger partial charge in [-0.2, -0.15) is 0 Å². The number of aliphatic hydroxyl groups excluding tert-OH is 1. The van der Waals surface area contributed by atoms with Crippen LogP contribution in [0.2, 0.25) is 0 Å². The predicted molar refractivity (Wildman–Crippen MR) is 151 cm³/mol. The van der Waals surface area contributed by atoms with Crippen LogP contribution >= 0.6 is 0 Å². The Morgan fingerprint density at radius 1 is 1.13 bits per heavy atom. The maximum Gasteiger partial charge on any atom is 0.228 e. The van der Waals surface area contributed by atoms with Gasteiger partial charge in [-0.25, -0.2) is 4.98 Å². The monoisotopic (exact) mass is 519 g/mol.